The van der Waals surface area contributed by atoms with Crippen molar-refractivity contribution in [3.63, 3.8) is 0 Å². The number of benzene rings is 2. The minimum Gasteiger partial charge on any atom is -0.399 e. The number of hydrogen-bond acceptors (Lipinski definition) is 3. The molecular weight excluding hydrogens is 419 g/mol. The second kappa shape index (κ2) is 7.79. The fourth-order valence-electron chi connectivity index (χ4n) is 2.83. The van der Waals surface area contributed by atoms with E-state index in [1.165, 1.54) is 6.07 Å². The Morgan fingerprint density at radius 3 is 2.00 bits per heavy atom. The van der Waals surface area contributed by atoms with Crippen LogP contribution in [0.25, 0.3) is 0 Å². The predicted molar refractivity (Wildman–Crippen MR) is 111 cm³/mol. The van der Waals surface area contributed by atoms with Gasteiger partial charge >= 0.3 is 19.3 Å². The Balaban J connectivity index is 1.86. The summed E-state index contributed by atoms with van der Waals surface area (Å²) >= 11 is 5.80. The number of carbonyl (C=O) groups is 1. The molecular formula is C20H21BClF3N2O3. The number of hydrogen-bond donors (Lipinski definition) is 2. The molecule has 0 aliphatic carbocycles. The maximum atomic E-state index is 13.4. The molecule has 2 aromatic carbocycles. The lowest BCUT2D eigenvalue weighted by molar-refractivity contribution is -0.137. The van der Waals surface area contributed by atoms with Crippen molar-refractivity contribution in [2.24, 2.45) is 0 Å². The van der Waals surface area contributed by atoms with Crippen LogP contribution in [-0.2, 0) is 15.5 Å². The summed E-state index contributed by atoms with van der Waals surface area (Å²) in [5.41, 5.74) is -1.80. The van der Waals surface area contributed by atoms with E-state index in [1.807, 2.05) is 0 Å². The lowest BCUT2D eigenvalue weighted by Crippen LogP contribution is -2.41. The van der Waals surface area contributed by atoms with Crippen LogP contribution < -0.4 is 16.1 Å². The van der Waals surface area contributed by atoms with Gasteiger partial charge < -0.3 is 19.9 Å². The first-order valence-corrected chi connectivity index (χ1v) is 9.56. The Bertz CT molecular complexity index is 933. The highest BCUT2D eigenvalue weighted by molar-refractivity contribution is 6.62. The van der Waals surface area contributed by atoms with Gasteiger partial charge in [0.15, 0.2) is 0 Å². The molecule has 1 heterocycles. The smallest absolute Gasteiger partial charge is 0.399 e. The van der Waals surface area contributed by atoms with Crippen LogP contribution in [0.15, 0.2) is 42.5 Å². The topological polar surface area (TPSA) is 59.6 Å². The molecule has 1 fully saturated rings. The molecule has 2 N–H and O–H groups in total. The number of nitrogens with one attached hydrogen (secondary N) is 2. The minimum absolute atomic E-state index is 0.0407. The van der Waals surface area contributed by atoms with E-state index in [2.05, 4.69) is 10.6 Å². The Morgan fingerprint density at radius 1 is 0.933 bits per heavy atom. The molecule has 0 aromatic heterocycles. The van der Waals surface area contributed by atoms with Crippen LogP contribution in [0.5, 0.6) is 0 Å². The number of urea groups is 1. The number of halogens is 4. The zero-order valence-corrected chi connectivity index (χ0v) is 17.6. The molecule has 1 aliphatic rings. The van der Waals surface area contributed by atoms with Gasteiger partial charge in [-0.1, -0.05) is 17.7 Å². The largest absolute Gasteiger partial charge is 0.494 e. The quantitative estimate of drug-likeness (QED) is 0.637. The molecule has 0 unspecified atom stereocenters. The van der Waals surface area contributed by atoms with E-state index in [-0.39, 0.29) is 11.2 Å². The predicted octanol–water partition coefficient (Wildman–Crippen LogP) is 5.30. The maximum Gasteiger partial charge on any atom is 0.494 e. The van der Waals surface area contributed by atoms with Crippen LogP contribution in [0.1, 0.15) is 33.3 Å². The van der Waals surface area contributed by atoms with Gasteiger partial charge in [-0.05, 0) is 69.6 Å². The minimum atomic E-state index is -4.61. The van der Waals surface area contributed by atoms with Gasteiger partial charge in [0.05, 0.1) is 16.8 Å². The van der Waals surface area contributed by atoms with Gasteiger partial charge in [0, 0.05) is 16.4 Å². The van der Waals surface area contributed by atoms with Gasteiger partial charge in [0.25, 0.3) is 0 Å². The number of alkyl halides is 3. The molecule has 0 spiro atoms. The third kappa shape index (κ3) is 4.91. The summed E-state index contributed by atoms with van der Waals surface area (Å²) in [5, 5.41) is 5.46. The SMILES string of the molecule is CC1(C)OB(c2cc(NC(=O)Nc3ccc(Cl)cc3)cc(C(F)(F)F)c2)OC1(C)C. The molecule has 160 valence electrons. The molecule has 0 atom stereocenters. The summed E-state index contributed by atoms with van der Waals surface area (Å²) in [7, 11) is -1.00. The second-order valence-corrected chi connectivity index (χ2v) is 8.45. The van der Waals surface area contributed by atoms with Crippen LogP contribution in [-0.4, -0.2) is 24.4 Å². The summed E-state index contributed by atoms with van der Waals surface area (Å²) in [6.45, 7) is 7.22. The van der Waals surface area contributed by atoms with Gasteiger partial charge in [-0.25, -0.2) is 4.79 Å². The van der Waals surface area contributed by atoms with E-state index < -0.39 is 36.1 Å². The molecule has 0 bridgehead atoms. The summed E-state index contributed by atoms with van der Waals surface area (Å²) in [4.78, 5) is 12.3. The molecule has 1 saturated heterocycles. The molecule has 30 heavy (non-hydrogen) atoms. The van der Waals surface area contributed by atoms with Crippen LogP contribution in [0.2, 0.25) is 5.02 Å². The van der Waals surface area contributed by atoms with Gasteiger partial charge in [-0.2, -0.15) is 13.2 Å². The summed E-state index contributed by atoms with van der Waals surface area (Å²) in [6.07, 6.45) is -4.61. The molecule has 3 rings (SSSR count). The van der Waals surface area contributed by atoms with Gasteiger partial charge in [0.1, 0.15) is 0 Å². The van der Waals surface area contributed by atoms with E-state index >= 15 is 0 Å². The van der Waals surface area contributed by atoms with Crippen LogP contribution >= 0.6 is 11.6 Å². The third-order valence-corrected chi connectivity index (χ3v) is 5.42. The standard InChI is InChI=1S/C20H21BClF3N2O3/c1-18(2)19(3,4)30-21(29-18)13-9-12(20(23,24)25)10-16(11-13)27-17(28)26-15-7-5-14(22)6-8-15/h5-11H,1-4H3,(H2,26,27,28). The van der Waals surface area contributed by atoms with E-state index in [4.69, 9.17) is 20.9 Å². The highest BCUT2D eigenvalue weighted by Gasteiger charge is 2.52. The number of anilines is 2. The van der Waals surface area contributed by atoms with Crippen molar-refractivity contribution < 1.29 is 27.3 Å². The fourth-order valence-corrected chi connectivity index (χ4v) is 2.96. The van der Waals surface area contributed by atoms with E-state index in [9.17, 15) is 18.0 Å². The third-order valence-electron chi connectivity index (χ3n) is 5.17. The highest BCUT2D eigenvalue weighted by Crippen LogP contribution is 2.37. The van der Waals surface area contributed by atoms with Crippen molar-refractivity contribution in [1.29, 1.82) is 0 Å². The summed E-state index contributed by atoms with van der Waals surface area (Å²) in [5.74, 6) is 0. The zero-order chi connectivity index (χ0) is 22.3. The average molecular weight is 441 g/mol. The van der Waals surface area contributed by atoms with Gasteiger partial charge in [-0.3, -0.25) is 0 Å². The van der Waals surface area contributed by atoms with Crippen molar-refractivity contribution in [3.8, 4) is 0 Å². The molecule has 2 amide bonds. The molecule has 0 radical (unpaired) electrons. The summed E-state index contributed by atoms with van der Waals surface area (Å²) < 4.78 is 52.0. The van der Waals surface area contributed by atoms with Crippen molar-refractivity contribution in [2.45, 2.75) is 45.1 Å². The number of rotatable bonds is 3. The van der Waals surface area contributed by atoms with Crippen molar-refractivity contribution >= 4 is 41.6 Å². The average Bonchev–Trinajstić information content (AvgIpc) is 2.83. The molecule has 1 aliphatic heterocycles. The normalized spacial score (nSPS) is 17.7. The second-order valence-electron chi connectivity index (χ2n) is 8.02. The van der Waals surface area contributed by atoms with Crippen molar-refractivity contribution in [2.75, 3.05) is 10.6 Å². The van der Waals surface area contributed by atoms with E-state index in [1.54, 1.807) is 52.0 Å². The highest BCUT2D eigenvalue weighted by atomic mass is 35.5. The first kappa shape index (κ1) is 22.5. The van der Waals surface area contributed by atoms with Gasteiger partial charge in [0.2, 0.25) is 0 Å². The first-order chi connectivity index (χ1) is 13.8. The van der Waals surface area contributed by atoms with Gasteiger partial charge in [-0.15, -0.1) is 0 Å². The summed E-state index contributed by atoms with van der Waals surface area (Å²) in [6, 6.07) is 8.83. The van der Waals surface area contributed by atoms with Crippen LogP contribution in [0.4, 0.5) is 29.3 Å². The molecule has 10 heteroatoms. The fraction of sp³-hybridized carbons (Fsp3) is 0.350. The van der Waals surface area contributed by atoms with Crippen LogP contribution in [0, 0.1) is 0 Å². The van der Waals surface area contributed by atoms with E-state index in [0.29, 0.717) is 10.7 Å². The Morgan fingerprint density at radius 2 is 1.47 bits per heavy atom. The number of carbonyl (C=O) groups excluding carboxylic acids is 1. The molecule has 2 aromatic rings. The zero-order valence-electron chi connectivity index (χ0n) is 16.9. The maximum absolute atomic E-state index is 13.4. The van der Waals surface area contributed by atoms with Crippen LogP contribution in [0.3, 0.4) is 0 Å². The first-order valence-electron chi connectivity index (χ1n) is 9.18. The Kier molecular flexibility index (Phi) is 5.83. The lowest BCUT2D eigenvalue weighted by atomic mass is 9.78. The van der Waals surface area contributed by atoms with Crippen molar-refractivity contribution in [3.05, 3.63) is 53.1 Å². The Hall–Kier alpha value is -2.23. The van der Waals surface area contributed by atoms with Crippen molar-refractivity contribution in [1.82, 2.24) is 0 Å². The molecule has 5 nitrogen and oxygen atoms in total. The monoisotopic (exact) mass is 440 g/mol. The Labute approximate surface area is 178 Å². The van der Waals surface area contributed by atoms with E-state index in [0.717, 1.165) is 12.1 Å². The number of amides is 2. The molecule has 0 saturated carbocycles. The lowest BCUT2D eigenvalue weighted by Gasteiger charge is -2.32.